The molecule has 0 spiro atoms. The Labute approximate surface area is 141 Å². The van der Waals surface area contributed by atoms with E-state index in [9.17, 15) is 13.7 Å². The standard InChI is InChI=1S/C17H19N3O3S/c1-13-6-8-14(9-7-13)16-19-15(12-18)17(23-16)24(21,22)20-10-4-2-3-5-11-20/h6-9H,2-5,10-11H2,1H3. The topological polar surface area (TPSA) is 87.2 Å². The number of sulfonamides is 1. The molecule has 2 heterocycles. The first-order valence-corrected chi connectivity index (χ1v) is 9.44. The van der Waals surface area contributed by atoms with Gasteiger partial charge in [-0.05, 0) is 31.9 Å². The van der Waals surface area contributed by atoms with E-state index < -0.39 is 10.0 Å². The van der Waals surface area contributed by atoms with E-state index in [1.54, 1.807) is 12.1 Å². The van der Waals surface area contributed by atoms with Crippen LogP contribution in [0.3, 0.4) is 0 Å². The molecule has 0 N–H and O–H groups in total. The maximum absolute atomic E-state index is 12.9. The summed E-state index contributed by atoms with van der Waals surface area (Å²) in [6.07, 6.45) is 3.67. The fourth-order valence-electron chi connectivity index (χ4n) is 2.77. The minimum absolute atomic E-state index is 0.153. The van der Waals surface area contributed by atoms with Gasteiger partial charge >= 0.3 is 0 Å². The first-order chi connectivity index (χ1) is 11.5. The van der Waals surface area contributed by atoms with Gasteiger partial charge in [0.1, 0.15) is 6.07 Å². The third-order valence-corrected chi connectivity index (χ3v) is 5.93. The Bertz CT molecular complexity index is 855. The molecule has 0 radical (unpaired) electrons. The average molecular weight is 345 g/mol. The Morgan fingerprint density at radius 1 is 1.12 bits per heavy atom. The van der Waals surface area contributed by atoms with E-state index in [0.29, 0.717) is 18.7 Å². The van der Waals surface area contributed by atoms with Gasteiger partial charge in [0.15, 0.2) is 5.69 Å². The van der Waals surface area contributed by atoms with Gasteiger partial charge in [-0.3, -0.25) is 0 Å². The molecule has 0 unspecified atom stereocenters. The highest BCUT2D eigenvalue weighted by Crippen LogP contribution is 2.28. The minimum atomic E-state index is -3.84. The Balaban J connectivity index is 2.01. The van der Waals surface area contributed by atoms with Crippen LogP contribution in [-0.4, -0.2) is 30.8 Å². The summed E-state index contributed by atoms with van der Waals surface area (Å²) >= 11 is 0. The predicted molar refractivity (Wildman–Crippen MR) is 88.6 cm³/mol. The summed E-state index contributed by atoms with van der Waals surface area (Å²) in [4.78, 5) is 4.08. The molecule has 3 rings (SSSR count). The third-order valence-electron chi connectivity index (χ3n) is 4.14. The molecule has 0 amide bonds. The predicted octanol–water partition coefficient (Wildman–Crippen LogP) is 3.09. The van der Waals surface area contributed by atoms with Crippen molar-refractivity contribution >= 4 is 10.0 Å². The number of aryl methyl sites for hydroxylation is 1. The van der Waals surface area contributed by atoms with Crippen molar-refractivity contribution in [2.45, 2.75) is 37.7 Å². The molecule has 24 heavy (non-hydrogen) atoms. The van der Waals surface area contributed by atoms with Crippen LogP contribution in [-0.2, 0) is 10.0 Å². The van der Waals surface area contributed by atoms with Crippen LogP contribution < -0.4 is 0 Å². The number of nitrogens with zero attached hydrogens (tertiary/aromatic N) is 3. The average Bonchev–Trinajstić information content (AvgIpc) is 2.82. The van der Waals surface area contributed by atoms with Gasteiger partial charge < -0.3 is 4.42 Å². The van der Waals surface area contributed by atoms with Crippen LogP contribution >= 0.6 is 0 Å². The maximum atomic E-state index is 12.9. The van der Waals surface area contributed by atoms with E-state index >= 15 is 0 Å². The van der Waals surface area contributed by atoms with Crippen molar-refractivity contribution in [3.8, 4) is 17.5 Å². The van der Waals surface area contributed by atoms with Crippen molar-refractivity contribution in [1.82, 2.24) is 9.29 Å². The summed E-state index contributed by atoms with van der Waals surface area (Å²) < 4.78 is 32.6. The van der Waals surface area contributed by atoms with Gasteiger partial charge in [-0.2, -0.15) is 14.6 Å². The third kappa shape index (κ3) is 3.21. The summed E-state index contributed by atoms with van der Waals surface area (Å²) in [7, 11) is -3.84. The van der Waals surface area contributed by atoms with Crippen LogP contribution in [0.4, 0.5) is 0 Å². The smallest absolute Gasteiger partial charge is 0.279 e. The molecule has 1 saturated heterocycles. The van der Waals surface area contributed by atoms with Crippen molar-refractivity contribution < 1.29 is 12.8 Å². The molecule has 1 aliphatic heterocycles. The number of hydrogen-bond donors (Lipinski definition) is 0. The van der Waals surface area contributed by atoms with Gasteiger partial charge in [-0.15, -0.1) is 0 Å². The Kier molecular flexibility index (Phi) is 4.69. The van der Waals surface area contributed by atoms with Crippen LogP contribution in [0.2, 0.25) is 0 Å². The minimum Gasteiger partial charge on any atom is -0.422 e. The van der Waals surface area contributed by atoms with Crippen molar-refractivity contribution in [2.24, 2.45) is 0 Å². The van der Waals surface area contributed by atoms with Crippen LogP contribution in [0.5, 0.6) is 0 Å². The van der Waals surface area contributed by atoms with E-state index in [-0.39, 0.29) is 16.7 Å². The normalized spacial score (nSPS) is 16.5. The molecule has 7 heteroatoms. The number of aromatic nitrogens is 1. The molecular weight excluding hydrogens is 326 g/mol. The van der Waals surface area contributed by atoms with Crippen molar-refractivity contribution in [3.05, 3.63) is 35.5 Å². The molecule has 0 bridgehead atoms. The van der Waals surface area contributed by atoms with Gasteiger partial charge in [0.2, 0.25) is 5.89 Å². The number of oxazole rings is 1. The number of nitriles is 1. The van der Waals surface area contributed by atoms with Crippen LogP contribution in [0.1, 0.15) is 36.9 Å². The largest absolute Gasteiger partial charge is 0.422 e. The van der Waals surface area contributed by atoms with E-state index in [1.165, 1.54) is 4.31 Å². The van der Waals surface area contributed by atoms with E-state index in [1.807, 2.05) is 25.1 Å². The Morgan fingerprint density at radius 3 is 2.33 bits per heavy atom. The second-order valence-electron chi connectivity index (χ2n) is 5.95. The number of benzene rings is 1. The number of hydrogen-bond acceptors (Lipinski definition) is 5. The Morgan fingerprint density at radius 2 is 1.75 bits per heavy atom. The van der Waals surface area contributed by atoms with Gasteiger partial charge in [0, 0.05) is 18.7 Å². The van der Waals surface area contributed by atoms with Gasteiger partial charge in [0.25, 0.3) is 15.1 Å². The molecular formula is C17H19N3O3S. The van der Waals surface area contributed by atoms with Gasteiger partial charge in [-0.25, -0.2) is 8.42 Å². The monoisotopic (exact) mass is 345 g/mol. The quantitative estimate of drug-likeness (QED) is 0.853. The zero-order chi connectivity index (χ0) is 17.2. The summed E-state index contributed by atoms with van der Waals surface area (Å²) in [6, 6.07) is 9.21. The lowest BCUT2D eigenvalue weighted by atomic mass is 10.1. The second kappa shape index (κ2) is 6.75. The molecule has 1 aromatic heterocycles. The SMILES string of the molecule is Cc1ccc(-c2nc(C#N)c(S(=O)(=O)N3CCCCCC3)o2)cc1. The molecule has 1 aromatic carbocycles. The second-order valence-corrected chi connectivity index (χ2v) is 7.79. The fourth-order valence-corrected chi connectivity index (χ4v) is 4.26. The number of rotatable bonds is 3. The molecule has 2 aromatic rings. The van der Waals surface area contributed by atoms with Crippen LogP contribution in [0.25, 0.3) is 11.5 Å². The molecule has 0 atom stereocenters. The molecule has 0 saturated carbocycles. The molecule has 126 valence electrons. The lowest BCUT2D eigenvalue weighted by Crippen LogP contribution is -2.32. The van der Waals surface area contributed by atoms with E-state index in [0.717, 1.165) is 31.2 Å². The van der Waals surface area contributed by atoms with E-state index in [2.05, 4.69) is 4.98 Å². The van der Waals surface area contributed by atoms with Crippen LogP contribution in [0, 0.1) is 18.3 Å². The summed E-state index contributed by atoms with van der Waals surface area (Å²) in [5.41, 5.74) is 1.53. The van der Waals surface area contributed by atoms with Crippen molar-refractivity contribution in [1.29, 1.82) is 5.26 Å². The first-order valence-electron chi connectivity index (χ1n) is 8.00. The highest BCUT2D eigenvalue weighted by atomic mass is 32.2. The van der Waals surface area contributed by atoms with Crippen molar-refractivity contribution in [2.75, 3.05) is 13.1 Å². The highest BCUT2D eigenvalue weighted by Gasteiger charge is 2.33. The summed E-state index contributed by atoms with van der Waals surface area (Å²) in [6.45, 7) is 2.86. The maximum Gasteiger partial charge on any atom is 0.279 e. The molecule has 1 fully saturated rings. The highest BCUT2D eigenvalue weighted by molar-refractivity contribution is 7.89. The first kappa shape index (κ1) is 16.7. The lowest BCUT2D eigenvalue weighted by Gasteiger charge is -2.17. The zero-order valence-corrected chi connectivity index (χ0v) is 14.3. The van der Waals surface area contributed by atoms with Crippen molar-refractivity contribution in [3.63, 3.8) is 0 Å². The fraction of sp³-hybridized carbons (Fsp3) is 0.412. The summed E-state index contributed by atoms with van der Waals surface area (Å²) in [5, 5.41) is 8.94. The molecule has 0 aliphatic carbocycles. The van der Waals surface area contributed by atoms with Gasteiger partial charge in [0.05, 0.1) is 0 Å². The van der Waals surface area contributed by atoms with Crippen LogP contribution in [0.15, 0.2) is 33.8 Å². The zero-order valence-electron chi connectivity index (χ0n) is 13.5. The summed E-state index contributed by atoms with van der Waals surface area (Å²) in [5.74, 6) is 0.153. The van der Waals surface area contributed by atoms with Gasteiger partial charge in [-0.1, -0.05) is 30.5 Å². The lowest BCUT2D eigenvalue weighted by molar-refractivity contribution is 0.388. The molecule has 1 aliphatic rings. The Hall–Kier alpha value is -2.17. The molecule has 6 nitrogen and oxygen atoms in total. The van der Waals surface area contributed by atoms with E-state index in [4.69, 9.17) is 4.42 Å².